The molecule has 4 heteroatoms. The number of para-hydroxylation sites is 2. The highest BCUT2D eigenvalue weighted by molar-refractivity contribution is 6.29. The Balaban J connectivity index is 0.000000117. The lowest BCUT2D eigenvalue weighted by Gasteiger charge is -2.08. The normalized spacial score (nSPS) is 11.5. The number of hydrogen-bond acceptors (Lipinski definition) is 2. The number of hydrogen-bond donors (Lipinski definition) is 0. The Kier molecular flexibility index (Phi) is 8.12. The minimum atomic E-state index is 0.548. The average Bonchev–Trinajstić information content (AvgIpc) is 3.68. The Morgan fingerprint density at radius 3 is 1.57 bits per heavy atom. The van der Waals surface area contributed by atoms with E-state index in [4.69, 9.17) is 16.6 Å². The fraction of sp³-hybridized carbons (Fsp3) is 0.0667. The molecule has 0 aliphatic heterocycles. The SMILES string of the molecule is Cc1ccc2nc(-n3c4ccccc4c4ccccc43)ccc2c1.Cc1ccc2nc(Cl)ccc2c1.c1ccc2c(c1)Cc1ccccc1-2. The van der Waals surface area contributed by atoms with Crippen LogP contribution in [0.3, 0.4) is 0 Å². The highest BCUT2D eigenvalue weighted by Gasteiger charge is 2.16. The van der Waals surface area contributed by atoms with Crippen molar-refractivity contribution in [1.82, 2.24) is 14.5 Å². The van der Waals surface area contributed by atoms with Crippen LogP contribution in [0.4, 0.5) is 0 Å². The second-order valence-electron chi connectivity index (χ2n) is 12.6. The summed E-state index contributed by atoms with van der Waals surface area (Å²) in [5.41, 5.74) is 12.6. The Labute approximate surface area is 291 Å². The van der Waals surface area contributed by atoms with E-state index in [1.54, 1.807) is 0 Å². The first kappa shape index (κ1) is 30.6. The quantitative estimate of drug-likeness (QED) is 0.165. The van der Waals surface area contributed by atoms with Crippen molar-refractivity contribution < 1.29 is 0 Å². The first-order valence-corrected chi connectivity index (χ1v) is 16.9. The smallest absolute Gasteiger partial charge is 0.138 e. The molecule has 0 radical (unpaired) electrons. The van der Waals surface area contributed by atoms with E-state index >= 15 is 0 Å². The summed E-state index contributed by atoms with van der Waals surface area (Å²) in [5.74, 6) is 0.962. The number of fused-ring (bicyclic) bond motifs is 8. The molecule has 3 heterocycles. The Bertz CT molecular complexity index is 2500. The van der Waals surface area contributed by atoms with Crippen LogP contribution in [0.2, 0.25) is 5.15 Å². The van der Waals surface area contributed by atoms with Gasteiger partial charge in [0.15, 0.2) is 0 Å². The maximum Gasteiger partial charge on any atom is 0.138 e. The number of halogens is 1. The molecule has 0 amide bonds. The zero-order chi connectivity index (χ0) is 33.3. The maximum atomic E-state index is 5.75. The molecule has 1 aliphatic carbocycles. The highest BCUT2D eigenvalue weighted by Crippen LogP contribution is 2.36. The van der Waals surface area contributed by atoms with Gasteiger partial charge in [0.2, 0.25) is 0 Å². The summed E-state index contributed by atoms with van der Waals surface area (Å²) in [6.45, 7) is 4.17. The third-order valence-corrected chi connectivity index (χ3v) is 9.37. The maximum absolute atomic E-state index is 5.75. The predicted molar refractivity (Wildman–Crippen MR) is 207 cm³/mol. The average molecular weight is 652 g/mol. The molecular formula is C45H34ClN3. The van der Waals surface area contributed by atoms with Crippen LogP contribution in [-0.4, -0.2) is 14.5 Å². The van der Waals surface area contributed by atoms with E-state index in [9.17, 15) is 0 Å². The monoisotopic (exact) mass is 651 g/mol. The van der Waals surface area contributed by atoms with Crippen LogP contribution in [-0.2, 0) is 6.42 Å². The molecule has 0 N–H and O–H groups in total. The van der Waals surface area contributed by atoms with Crippen LogP contribution in [0.25, 0.3) is 60.6 Å². The lowest BCUT2D eigenvalue weighted by molar-refractivity contribution is 1.10. The largest absolute Gasteiger partial charge is 0.294 e. The molecule has 0 unspecified atom stereocenters. The highest BCUT2D eigenvalue weighted by atomic mass is 35.5. The summed E-state index contributed by atoms with van der Waals surface area (Å²) in [5, 5.41) is 5.39. The van der Waals surface area contributed by atoms with Crippen molar-refractivity contribution in [2.75, 3.05) is 0 Å². The molecule has 0 saturated heterocycles. The summed E-state index contributed by atoms with van der Waals surface area (Å²) < 4.78 is 2.25. The van der Waals surface area contributed by atoms with E-state index < -0.39 is 0 Å². The Morgan fingerprint density at radius 1 is 0.490 bits per heavy atom. The number of benzene rings is 6. The molecule has 3 aromatic heterocycles. The molecule has 9 aromatic rings. The number of aryl methyl sites for hydroxylation is 2. The minimum absolute atomic E-state index is 0.548. The number of aromatic nitrogens is 3. The van der Waals surface area contributed by atoms with E-state index in [1.165, 1.54) is 60.6 Å². The van der Waals surface area contributed by atoms with Gasteiger partial charge in [0.25, 0.3) is 0 Å². The topological polar surface area (TPSA) is 30.7 Å². The van der Waals surface area contributed by atoms with Gasteiger partial charge in [-0.2, -0.15) is 0 Å². The molecular weight excluding hydrogens is 618 g/mol. The number of rotatable bonds is 1. The van der Waals surface area contributed by atoms with Gasteiger partial charge in [-0.25, -0.2) is 9.97 Å². The zero-order valence-corrected chi connectivity index (χ0v) is 28.2. The van der Waals surface area contributed by atoms with E-state index in [1.807, 2.05) is 24.3 Å². The summed E-state index contributed by atoms with van der Waals surface area (Å²) in [7, 11) is 0. The first-order valence-electron chi connectivity index (χ1n) is 16.6. The van der Waals surface area contributed by atoms with Gasteiger partial charge in [0.05, 0.1) is 22.1 Å². The van der Waals surface area contributed by atoms with Crippen LogP contribution in [0.5, 0.6) is 0 Å². The lowest BCUT2D eigenvalue weighted by atomic mass is 10.1. The second kappa shape index (κ2) is 13.0. The van der Waals surface area contributed by atoms with Crippen molar-refractivity contribution in [3.63, 3.8) is 0 Å². The van der Waals surface area contributed by atoms with E-state index in [0.717, 1.165) is 28.7 Å². The van der Waals surface area contributed by atoms with Crippen molar-refractivity contribution in [2.24, 2.45) is 0 Å². The molecule has 1 aliphatic rings. The van der Waals surface area contributed by atoms with Crippen molar-refractivity contribution in [1.29, 1.82) is 0 Å². The molecule has 10 rings (SSSR count). The predicted octanol–water partition coefficient (Wildman–Crippen LogP) is 12.1. The summed E-state index contributed by atoms with van der Waals surface area (Å²) in [4.78, 5) is 9.10. The zero-order valence-electron chi connectivity index (χ0n) is 27.4. The molecule has 0 fully saturated rings. The fourth-order valence-electron chi connectivity index (χ4n) is 6.83. The molecule has 0 spiro atoms. The molecule has 0 atom stereocenters. The van der Waals surface area contributed by atoms with Crippen LogP contribution in [0.1, 0.15) is 22.3 Å². The second-order valence-corrected chi connectivity index (χ2v) is 12.9. The Hall–Kier alpha value is -5.77. The molecule has 49 heavy (non-hydrogen) atoms. The number of nitrogens with zero attached hydrogens (tertiary/aromatic N) is 3. The minimum Gasteiger partial charge on any atom is -0.294 e. The van der Waals surface area contributed by atoms with Crippen LogP contribution in [0, 0.1) is 13.8 Å². The molecule has 0 bridgehead atoms. The van der Waals surface area contributed by atoms with Gasteiger partial charge in [0.1, 0.15) is 11.0 Å². The third kappa shape index (κ3) is 6.06. The van der Waals surface area contributed by atoms with E-state index in [0.29, 0.717) is 5.15 Å². The van der Waals surface area contributed by atoms with Gasteiger partial charge < -0.3 is 0 Å². The van der Waals surface area contributed by atoms with E-state index in [2.05, 4.69) is 157 Å². The molecule has 6 aromatic carbocycles. The standard InChI is InChI=1S/C22H16N2.C13H10.C10H8ClN/c1-15-10-12-19-16(14-15)11-13-22(23-19)24-20-8-4-2-6-17(20)18-7-3-5-9-21(18)24;1-3-7-12-10(5-1)9-11-6-2-4-8-13(11)12;1-7-2-4-9-8(6-7)3-5-10(11)12-9/h2-14H,1H3;1-8H,9H2;2-6H,1H3. The van der Waals surface area contributed by atoms with Crippen LogP contribution < -0.4 is 0 Å². The summed E-state index contributed by atoms with van der Waals surface area (Å²) in [6, 6.07) is 54.9. The third-order valence-electron chi connectivity index (χ3n) is 9.16. The summed E-state index contributed by atoms with van der Waals surface area (Å²) >= 11 is 5.75. The molecule has 236 valence electrons. The van der Waals surface area contributed by atoms with Gasteiger partial charge >= 0.3 is 0 Å². The molecule has 0 saturated carbocycles. The molecule has 3 nitrogen and oxygen atoms in total. The van der Waals surface area contributed by atoms with Gasteiger partial charge in [-0.3, -0.25) is 4.57 Å². The van der Waals surface area contributed by atoms with Gasteiger partial charge in [-0.05, 0) is 103 Å². The first-order chi connectivity index (χ1) is 24.0. The lowest BCUT2D eigenvalue weighted by Crippen LogP contribution is -1.97. The van der Waals surface area contributed by atoms with Crippen LogP contribution in [0.15, 0.2) is 158 Å². The van der Waals surface area contributed by atoms with Gasteiger partial charge in [-0.1, -0.05) is 120 Å². The van der Waals surface area contributed by atoms with Crippen LogP contribution >= 0.6 is 11.6 Å². The van der Waals surface area contributed by atoms with Gasteiger partial charge in [0, 0.05) is 21.5 Å². The van der Waals surface area contributed by atoms with Gasteiger partial charge in [-0.15, -0.1) is 0 Å². The van der Waals surface area contributed by atoms with Crippen molar-refractivity contribution in [2.45, 2.75) is 20.3 Å². The fourth-order valence-corrected chi connectivity index (χ4v) is 6.98. The van der Waals surface area contributed by atoms with E-state index in [-0.39, 0.29) is 0 Å². The van der Waals surface area contributed by atoms with Crippen molar-refractivity contribution in [3.8, 4) is 16.9 Å². The Morgan fingerprint density at radius 2 is 0.980 bits per heavy atom. The van der Waals surface area contributed by atoms with Crippen molar-refractivity contribution >= 4 is 55.2 Å². The van der Waals surface area contributed by atoms with Crippen molar-refractivity contribution in [3.05, 3.63) is 185 Å². The number of pyridine rings is 2. The summed E-state index contributed by atoms with van der Waals surface area (Å²) in [6.07, 6.45) is 1.10.